The van der Waals surface area contributed by atoms with E-state index in [1.807, 2.05) is 0 Å². The van der Waals surface area contributed by atoms with E-state index in [1.165, 1.54) is 58.2 Å². The van der Waals surface area contributed by atoms with Crippen LogP contribution in [0.25, 0.3) is 0 Å². The fourth-order valence-electron chi connectivity index (χ4n) is 2.65. The van der Waals surface area contributed by atoms with Gasteiger partial charge in [0.05, 0.1) is 6.10 Å². The lowest BCUT2D eigenvalue weighted by Crippen LogP contribution is -2.39. The van der Waals surface area contributed by atoms with Crippen molar-refractivity contribution in [1.82, 2.24) is 10.2 Å². The maximum absolute atomic E-state index is 5.69. The average Bonchev–Trinajstić information content (AvgIpc) is 2.37. The number of ether oxygens (including phenoxy) is 1. The van der Waals surface area contributed by atoms with Crippen LogP contribution in [0.1, 0.15) is 38.5 Å². The van der Waals surface area contributed by atoms with Crippen LogP contribution in [0.4, 0.5) is 0 Å². The van der Waals surface area contributed by atoms with Gasteiger partial charge in [-0.15, -0.1) is 0 Å². The van der Waals surface area contributed by atoms with Gasteiger partial charge in [0.1, 0.15) is 0 Å². The van der Waals surface area contributed by atoms with E-state index in [-0.39, 0.29) is 0 Å². The summed E-state index contributed by atoms with van der Waals surface area (Å²) in [6.07, 6.45) is 8.55. The maximum atomic E-state index is 5.69. The Kier molecular flexibility index (Phi) is 5.59. The van der Waals surface area contributed by atoms with Gasteiger partial charge in [0, 0.05) is 26.2 Å². The fourth-order valence-corrected chi connectivity index (χ4v) is 2.65. The van der Waals surface area contributed by atoms with Crippen LogP contribution in [-0.2, 0) is 4.74 Å². The third-order valence-electron chi connectivity index (χ3n) is 3.70. The van der Waals surface area contributed by atoms with Gasteiger partial charge in [-0.1, -0.05) is 6.42 Å². The van der Waals surface area contributed by atoms with Crippen LogP contribution in [0, 0.1) is 0 Å². The lowest BCUT2D eigenvalue weighted by atomic mass is 10.1. The summed E-state index contributed by atoms with van der Waals surface area (Å²) in [6, 6.07) is 0. The number of piperidine rings is 1. The molecular formula is C13H26N2O. The quantitative estimate of drug-likeness (QED) is 0.721. The van der Waals surface area contributed by atoms with Gasteiger partial charge in [-0.3, -0.25) is 0 Å². The van der Waals surface area contributed by atoms with Gasteiger partial charge in [0.15, 0.2) is 0 Å². The van der Waals surface area contributed by atoms with Crippen molar-refractivity contribution < 1.29 is 4.74 Å². The van der Waals surface area contributed by atoms with Crippen LogP contribution in [-0.4, -0.2) is 50.3 Å². The Bertz CT molecular complexity index is 155. The molecule has 0 aromatic rings. The molecule has 2 saturated heterocycles. The van der Waals surface area contributed by atoms with E-state index in [0.29, 0.717) is 6.10 Å². The summed E-state index contributed by atoms with van der Waals surface area (Å²) in [6.45, 7) is 6.97. The SMILES string of the molecule is C1CCN(CCNCC2CCCCO2)CC1. The summed E-state index contributed by atoms with van der Waals surface area (Å²) in [5, 5.41) is 3.54. The molecule has 0 amide bonds. The summed E-state index contributed by atoms with van der Waals surface area (Å²) in [4.78, 5) is 2.58. The Hall–Kier alpha value is -0.120. The van der Waals surface area contributed by atoms with E-state index >= 15 is 0 Å². The molecule has 0 aliphatic carbocycles. The summed E-state index contributed by atoms with van der Waals surface area (Å²) in [5.41, 5.74) is 0. The monoisotopic (exact) mass is 226 g/mol. The van der Waals surface area contributed by atoms with Crippen molar-refractivity contribution in [1.29, 1.82) is 0 Å². The minimum absolute atomic E-state index is 0.482. The normalized spacial score (nSPS) is 28.1. The Balaban J connectivity index is 1.47. The van der Waals surface area contributed by atoms with Gasteiger partial charge in [0.25, 0.3) is 0 Å². The topological polar surface area (TPSA) is 24.5 Å². The van der Waals surface area contributed by atoms with Crippen LogP contribution in [0.5, 0.6) is 0 Å². The number of rotatable bonds is 5. The first-order valence-corrected chi connectivity index (χ1v) is 7.00. The molecule has 1 atom stereocenters. The highest BCUT2D eigenvalue weighted by Gasteiger charge is 2.13. The van der Waals surface area contributed by atoms with E-state index in [1.54, 1.807) is 0 Å². The summed E-state index contributed by atoms with van der Waals surface area (Å²) in [5.74, 6) is 0. The highest BCUT2D eigenvalue weighted by molar-refractivity contribution is 4.69. The Morgan fingerprint density at radius 2 is 1.94 bits per heavy atom. The highest BCUT2D eigenvalue weighted by Crippen LogP contribution is 2.11. The van der Waals surface area contributed by atoms with Crippen molar-refractivity contribution in [2.75, 3.05) is 39.3 Å². The molecular weight excluding hydrogens is 200 g/mol. The minimum Gasteiger partial charge on any atom is -0.377 e. The number of nitrogens with zero attached hydrogens (tertiary/aromatic N) is 1. The molecule has 0 radical (unpaired) electrons. The molecule has 94 valence electrons. The molecule has 3 nitrogen and oxygen atoms in total. The molecule has 3 heteroatoms. The summed E-state index contributed by atoms with van der Waals surface area (Å²) in [7, 11) is 0. The lowest BCUT2D eigenvalue weighted by molar-refractivity contribution is 0.0167. The van der Waals surface area contributed by atoms with Gasteiger partial charge < -0.3 is 15.0 Å². The second-order valence-electron chi connectivity index (χ2n) is 5.10. The zero-order valence-corrected chi connectivity index (χ0v) is 10.4. The van der Waals surface area contributed by atoms with Gasteiger partial charge in [-0.05, 0) is 45.2 Å². The molecule has 1 N–H and O–H groups in total. The fraction of sp³-hybridized carbons (Fsp3) is 1.00. The lowest BCUT2D eigenvalue weighted by Gasteiger charge is -2.27. The number of hydrogen-bond donors (Lipinski definition) is 1. The molecule has 0 spiro atoms. The number of likely N-dealkylation sites (tertiary alicyclic amines) is 1. The van der Waals surface area contributed by atoms with Crippen LogP contribution in [0.15, 0.2) is 0 Å². The molecule has 0 bridgehead atoms. The molecule has 16 heavy (non-hydrogen) atoms. The number of nitrogens with one attached hydrogen (secondary N) is 1. The molecule has 0 aromatic carbocycles. The van der Waals surface area contributed by atoms with Crippen molar-refractivity contribution in [2.24, 2.45) is 0 Å². The van der Waals surface area contributed by atoms with Gasteiger partial charge in [-0.2, -0.15) is 0 Å². The first-order valence-electron chi connectivity index (χ1n) is 7.00. The van der Waals surface area contributed by atoms with Gasteiger partial charge >= 0.3 is 0 Å². The molecule has 0 saturated carbocycles. The van der Waals surface area contributed by atoms with Crippen LogP contribution < -0.4 is 5.32 Å². The summed E-state index contributed by atoms with van der Waals surface area (Å²) >= 11 is 0. The molecule has 2 heterocycles. The van der Waals surface area contributed by atoms with E-state index < -0.39 is 0 Å². The maximum Gasteiger partial charge on any atom is 0.0699 e. The predicted molar refractivity (Wildman–Crippen MR) is 66.8 cm³/mol. The second-order valence-corrected chi connectivity index (χ2v) is 5.10. The standard InChI is InChI=1S/C13H26N2O/c1-3-8-15(9-4-1)10-7-14-12-13-6-2-5-11-16-13/h13-14H,1-12H2. The Morgan fingerprint density at radius 3 is 2.69 bits per heavy atom. The zero-order chi connectivity index (χ0) is 11.1. The van der Waals surface area contributed by atoms with Crippen LogP contribution >= 0.6 is 0 Å². The van der Waals surface area contributed by atoms with Crippen molar-refractivity contribution in [2.45, 2.75) is 44.6 Å². The zero-order valence-electron chi connectivity index (χ0n) is 10.4. The minimum atomic E-state index is 0.482. The van der Waals surface area contributed by atoms with Crippen molar-refractivity contribution in [3.8, 4) is 0 Å². The van der Waals surface area contributed by atoms with E-state index in [2.05, 4.69) is 10.2 Å². The molecule has 2 fully saturated rings. The Labute approximate surface area is 99.5 Å². The first kappa shape index (κ1) is 12.3. The molecule has 1 unspecified atom stereocenters. The Morgan fingerprint density at radius 1 is 1.06 bits per heavy atom. The predicted octanol–water partition coefficient (Wildman–Crippen LogP) is 1.63. The van der Waals surface area contributed by atoms with Crippen LogP contribution in [0.2, 0.25) is 0 Å². The highest BCUT2D eigenvalue weighted by atomic mass is 16.5. The average molecular weight is 226 g/mol. The van der Waals surface area contributed by atoms with E-state index in [9.17, 15) is 0 Å². The number of hydrogen-bond acceptors (Lipinski definition) is 3. The third-order valence-corrected chi connectivity index (χ3v) is 3.70. The smallest absolute Gasteiger partial charge is 0.0699 e. The second kappa shape index (κ2) is 7.25. The molecule has 2 rings (SSSR count). The van der Waals surface area contributed by atoms with Crippen molar-refractivity contribution in [3.05, 3.63) is 0 Å². The summed E-state index contributed by atoms with van der Waals surface area (Å²) < 4.78 is 5.69. The van der Waals surface area contributed by atoms with E-state index in [0.717, 1.165) is 19.7 Å². The van der Waals surface area contributed by atoms with Crippen molar-refractivity contribution in [3.63, 3.8) is 0 Å². The molecule has 0 aromatic heterocycles. The third kappa shape index (κ3) is 4.40. The first-order chi connectivity index (χ1) is 7.95. The largest absolute Gasteiger partial charge is 0.377 e. The van der Waals surface area contributed by atoms with Gasteiger partial charge in [0.2, 0.25) is 0 Å². The van der Waals surface area contributed by atoms with Gasteiger partial charge in [-0.25, -0.2) is 0 Å². The van der Waals surface area contributed by atoms with E-state index in [4.69, 9.17) is 4.74 Å². The molecule has 2 aliphatic rings. The van der Waals surface area contributed by atoms with Crippen molar-refractivity contribution >= 4 is 0 Å². The van der Waals surface area contributed by atoms with Crippen LogP contribution in [0.3, 0.4) is 0 Å². The molecule has 2 aliphatic heterocycles.